The van der Waals surface area contributed by atoms with Gasteiger partial charge in [0, 0.05) is 5.56 Å². The van der Waals surface area contributed by atoms with E-state index in [-0.39, 0.29) is 11.5 Å². The van der Waals surface area contributed by atoms with E-state index < -0.39 is 5.97 Å². The van der Waals surface area contributed by atoms with E-state index in [1.807, 2.05) is 0 Å². The molecule has 28 heavy (non-hydrogen) atoms. The Kier molecular flexibility index (Phi) is 4.98. The summed E-state index contributed by atoms with van der Waals surface area (Å²) in [6.45, 7) is 1.74. The molecule has 0 N–H and O–H groups in total. The third kappa shape index (κ3) is 3.44. The van der Waals surface area contributed by atoms with E-state index in [0.717, 1.165) is 0 Å². The van der Waals surface area contributed by atoms with Crippen molar-refractivity contribution in [3.8, 4) is 11.5 Å². The Labute approximate surface area is 174 Å². The van der Waals surface area contributed by atoms with Crippen LogP contribution in [0.3, 0.4) is 0 Å². The summed E-state index contributed by atoms with van der Waals surface area (Å²) in [5, 5.41) is 2.62. The molecule has 0 fully saturated rings. The maximum absolute atomic E-state index is 12.7. The van der Waals surface area contributed by atoms with Crippen LogP contribution in [0.2, 0.25) is 10.0 Å². The number of fused-ring (bicyclic) bond motifs is 1. The van der Waals surface area contributed by atoms with Crippen LogP contribution in [0.15, 0.2) is 53.6 Å². The second-order valence-corrected chi connectivity index (χ2v) is 7.81. The summed E-state index contributed by atoms with van der Waals surface area (Å²) >= 11 is 13.2. The molecule has 0 atom stereocenters. The van der Waals surface area contributed by atoms with E-state index in [9.17, 15) is 9.59 Å². The van der Waals surface area contributed by atoms with Crippen LogP contribution in [0.1, 0.15) is 31.2 Å². The molecule has 0 amide bonds. The number of hydrogen-bond acceptors (Lipinski definition) is 5. The van der Waals surface area contributed by atoms with E-state index in [0.29, 0.717) is 43.1 Å². The molecule has 0 radical (unpaired) electrons. The average molecular weight is 431 g/mol. The third-order valence-electron chi connectivity index (χ3n) is 4.20. The standard InChI is InChI=1S/C21H12Cl2O4S/c1-11-16(27-21(25)18-3-2-8-28-18)7-5-13-19(24)17(26-20(11)13)10-12-4-6-14(22)15(23)9-12/h2-10H,1H3/b17-10-. The third-order valence-corrected chi connectivity index (χ3v) is 5.79. The number of carbonyl (C=O) groups is 2. The first-order valence-corrected chi connectivity index (χ1v) is 9.86. The molecule has 0 spiro atoms. The Balaban J connectivity index is 1.63. The van der Waals surface area contributed by atoms with E-state index >= 15 is 0 Å². The van der Waals surface area contributed by atoms with E-state index in [4.69, 9.17) is 32.7 Å². The van der Waals surface area contributed by atoms with E-state index in [1.165, 1.54) is 11.3 Å². The Morgan fingerprint density at radius 3 is 2.68 bits per heavy atom. The zero-order valence-corrected chi connectivity index (χ0v) is 16.8. The molecule has 0 saturated carbocycles. The number of rotatable bonds is 3. The number of halogens is 2. The monoisotopic (exact) mass is 430 g/mol. The zero-order chi connectivity index (χ0) is 19.8. The highest BCUT2D eigenvalue weighted by Gasteiger charge is 2.30. The highest BCUT2D eigenvalue weighted by Crippen LogP contribution is 2.39. The number of esters is 1. The molecule has 0 aliphatic carbocycles. The van der Waals surface area contributed by atoms with Gasteiger partial charge in [-0.2, -0.15) is 0 Å². The average Bonchev–Trinajstić information content (AvgIpc) is 3.31. The van der Waals surface area contributed by atoms with Crippen LogP contribution in [0, 0.1) is 6.92 Å². The minimum Gasteiger partial charge on any atom is -0.452 e. The second-order valence-electron chi connectivity index (χ2n) is 6.05. The number of hydrogen-bond donors (Lipinski definition) is 0. The van der Waals surface area contributed by atoms with Crippen LogP contribution in [0.4, 0.5) is 0 Å². The van der Waals surface area contributed by atoms with Crippen molar-refractivity contribution in [1.29, 1.82) is 0 Å². The molecule has 4 rings (SSSR count). The van der Waals surface area contributed by atoms with Gasteiger partial charge in [0.15, 0.2) is 5.76 Å². The molecule has 3 aromatic rings. The summed E-state index contributed by atoms with van der Waals surface area (Å²) < 4.78 is 11.2. The normalized spacial score (nSPS) is 14.1. The van der Waals surface area contributed by atoms with Crippen LogP contribution in [-0.4, -0.2) is 11.8 Å². The van der Waals surface area contributed by atoms with Crippen molar-refractivity contribution in [2.75, 3.05) is 0 Å². The van der Waals surface area contributed by atoms with Gasteiger partial charge < -0.3 is 9.47 Å². The van der Waals surface area contributed by atoms with Crippen molar-refractivity contribution in [3.63, 3.8) is 0 Å². The Morgan fingerprint density at radius 2 is 1.96 bits per heavy atom. The minimum absolute atomic E-state index is 0.165. The summed E-state index contributed by atoms with van der Waals surface area (Å²) in [6, 6.07) is 11.7. The first-order valence-electron chi connectivity index (χ1n) is 8.22. The van der Waals surface area contributed by atoms with Gasteiger partial charge in [0.2, 0.25) is 5.78 Å². The van der Waals surface area contributed by atoms with Crippen LogP contribution >= 0.6 is 34.5 Å². The smallest absolute Gasteiger partial charge is 0.353 e. The van der Waals surface area contributed by atoms with E-state index in [1.54, 1.807) is 60.8 Å². The molecule has 4 nitrogen and oxygen atoms in total. The fourth-order valence-electron chi connectivity index (χ4n) is 2.78. The lowest BCUT2D eigenvalue weighted by Gasteiger charge is -2.09. The fraction of sp³-hybridized carbons (Fsp3) is 0.0476. The second kappa shape index (κ2) is 7.43. The Bertz CT molecular complexity index is 1130. The van der Waals surface area contributed by atoms with E-state index in [2.05, 4.69) is 0 Å². The number of ketones is 1. The van der Waals surface area contributed by atoms with Crippen LogP contribution in [-0.2, 0) is 0 Å². The van der Waals surface area contributed by atoms with Crippen molar-refractivity contribution < 1.29 is 19.1 Å². The molecule has 0 bridgehead atoms. The maximum atomic E-state index is 12.7. The quantitative estimate of drug-likeness (QED) is 0.282. The van der Waals surface area contributed by atoms with Gasteiger partial charge in [-0.25, -0.2) is 4.79 Å². The molecule has 7 heteroatoms. The fourth-order valence-corrected chi connectivity index (χ4v) is 3.68. The summed E-state index contributed by atoms with van der Waals surface area (Å²) in [4.78, 5) is 25.4. The summed E-state index contributed by atoms with van der Waals surface area (Å²) in [6.07, 6.45) is 1.60. The number of ether oxygens (including phenoxy) is 2. The minimum atomic E-state index is -0.450. The zero-order valence-electron chi connectivity index (χ0n) is 14.5. The van der Waals surface area contributed by atoms with Gasteiger partial charge in [-0.3, -0.25) is 4.79 Å². The van der Waals surface area contributed by atoms with Crippen molar-refractivity contribution in [2.24, 2.45) is 0 Å². The number of benzene rings is 2. The van der Waals surface area contributed by atoms with Gasteiger partial charge in [0.25, 0.3) is 0 Å². The maximum Gasteiger partial charge on any atom is 0.353 e. The summed E-state index contributed by atoms with van der Waals surface area (Å²) in [7, 11) is 0. The highest BCUT2D eigenvalue weighted by molar-refractivity contribution is 7.12. The van der Waals surface area contributed by atoms with Gasteiger partial charge in [-0.15, -0.1) is 11.3 Å². The van der Waals surface area contributed by atoms with Crippen molar-refractivity contribution in [1.82, 2.24) is 0 Å². The van der Waals surface area contributed by atoms with Crippen molar-refractivity contribution >= 4 is 52.4 Å². The van der Waals surface area contributed by atoms with Crippen molar-refractivity contribution in [2.45, 2.75) is 6.92 Å². The van der Waals surface area contributed by atoms with Crippen LogP contribution in [0.25, 0.3) is 6.08 Å². The summed E-state index contributed by atoms with van der Waals surface area (Å²) in [5.74, 6) is 0.195. The SMILES string of the molecule is Cc1c(OC(=O)c2cccs2)ccc2c1O/C(=C\c1ccc(Cl)c(Cl)c1)C2=O. The van der Waals surface area contributed by atoms with Crippen LogP contribution < -0.4 is 9.47 Å². The molecule has 2 heterocycles. The Hall–Kier alpha value is -2.60. The van der Waals surface area contributed by atoms with Gasteiger partial charge >= 0.3 is 5.97 Å². The van der Waals surface area contributed by atoms with Gasteiger partial charge in [0.1, 0.15) is 16.4 Å². The number of thiophene rings is 1. The van der Waals surface area contributed by atoms with Gasteiger partial charge in [-0.05, 0) is 54.3 Å². The number of Topliss-reactive ketones (excluding diaryl/α,β-unsaturated/α-hetero) is 1. The van der Waals surface area contributed by atoms with Gasteiger partial charge in [0.05, 0.1) is 15.6 Å². The molecule has 1 aliphatic rings. The van der Waals surface area contributed by atoms with Gasteiger partial charge in [-0.1, -0.05) is 35.3 Å². The van der Waals surface area contributed by atoms with Crippen LogP contribution in [0.5, 0.6) is 11.5 Å². The molecule has 0 unspecified atom stereocenters. The number of carbonyl (C=O) groups excluding carboxylic acids is 2. The number of allylic oxidation sites excluding steroid dienone is 1. The Morgan fingerprint density at radius 1 is 1.14 bits per heavy atom. The first-order chi connectivity index (χ1) is 13.4. The first kappa shape index (κ1) is 18.7. The lowest BCUT2D eigenvalue weighted by atomic mass is 10.1. The lowest BCUT2D eigenvalue weighted by Crippen LogP contribution is -2.07. The largest absolute Gasteiger partial charge is 0.452 e. The predicted octanol–water partition coefficient (Wildman–Crippen LogP) is 6.20. The highest BCUT2D eigenvalue weighted by atomic mass is 35.5. The summed E-state index contributed by atoms with van der Waals surface area (Å²) in [5.41, 5.74) is 1.68. The van der Waals surface area contributed by atoms with Crippen molar-refractivity contribution in [3.05, 3.63) is 85.2 Å². The molecular weight excluding hydrogens is 419 g/mol. The molecule has 0 saturated heterocycles. The topological polar surface area (TPSA) is 52.6 Å². The molecule has 1 aromatic heterocycles. The predicted molar refractivity (Wildman–Crippen MR) is 110 cm³/mol. The molecule has 140 valence electrons. The molecule has 2 aromatic carbocycles. The molecular formula is C21H12Cl2O4S. The molecule has 1 aliphatic heterocycles. The lowest BCUT2D eigenvalue weighted by molar-refractivity contribution is 0.0738.